The van der Waals surface area contributed by atoms with Crippen LogP contribution in [0.4, 0.5) is 0 Å². The van der Waals surface area contributed by atoms with Gasteiger partial charge in [0.1, 0.15) is 0 Å². The number of benzene rings is 2. The van der Waals surface area contributed by atoms with Crippen LogP contribution in [-0.2, 0) is 4.79 Å². The van der Waals surface area contributed by atoms with Crippen molar-refractivity contribution in [1.82, 2.24) is 10.9 Å². The number of hydrogen-bond acceptors (Lipinski definition) is 3. The maximum absolute atomic E-state index is 12.0. The number of nitrogens with one attached hydrogen (secondary N) is 2. The third-order valence-corrected chi connectivity index (χ3v) is 4.04. The molecule has 2 N–H and O–H groups in total. The van der Waals surface area contributed by atoms with Gasteiger partial charge in [0.15, 0.2) is 5.78 Å². The Hall–Kier alpha value is -2.18. The topological polar surface area (TPSA) is 75.3 Å². The minimum absolute atomic E-state index is 0.0301. The van der Waals surface area contributed by atoms with E-state index in [9.17, 15) is 14.4 Å². The first-order valence-electron chi connectivity index (χ1n) is 7.10. The summed E-state index contributed by atoms with van der Waals surface area (Å²) in [6.45, 7) is 0. The van der Waals surface area contributed by atoms with E-state index in [0.29, 0.717) is 5.56 Å². The van der Waals surface area contributed by atoms with Crippen molar-refractivity contribution in [3.8, 4) is 0 Å². The van der Waals surface area contributed by atoms with E-state index in [2.05, 4.69) is 26.8 Å². The highest BCUT2D eigenvalue weighted by Crippen LogP contribution is 2.14. The summed E-state index contributed by atoms with van der Waals surface area (Å²) < 4.78 is 0.874. The summed E-state index contributed by atoms with van der Waals surface area (Å²) in [6.07, 6.45) is 0.0210. The summed E-state index contributed by atoms with van der Waals surface area (Å²) in [6, 6.07) is 13.4. The molecule has 5 nitrogen and oxygen atoms in total. The number of ketones is 1. The molecule has 0 aliphatic carbocycles. The SMILES string of the molecule is O=C(CCC(=O)c1ccc(Br)cc1)NNC(=O)c1ccccc1Cl. The molecular formula is C17H14BrClN2O3. The van der Waals surface area contributed by atoms with Gasteiger partial charge in [0.05, 0.1) is 10.6 Å². The number of rotatable bonds is 5. The van der Waals surface area contributed by atoms with Crippen LogP contribution in [0.1, 0.15) is 33.6 Å². The summed E-state index contributed by atoms with van der Waals surface area (Å²) in [7, 11) is 0. The van der Waals surface area contributed by atoms with E-state index in [-0.39, 0.29) is 29.2 Å². The lowest BCUT2D eigenvalue weighted by Crippen LogP contribution is -2.41. The van der Waals surface area contributed by atoms with Gasteiger partial charge in [-0.15, -0.1) is 0 Å². The van der Waals surface area contributed by atoms with Crippen molar-refractivity contribution in [2.24, 2.45) is 0 Å². The van der Waals surface area contributed by atoms with Gasteiger partial charge >= 0.3 is 0 Å². The molecular weight excluding hydrogens is 396 g/mol. The standard InChI is InChI=1S/C17H14BrClN2O3/c18-12-7-5-11(6-8-12)15(22)9-10-16(23)20-21-17(24)13-3-1-2-4-14(13)19/h1-8H,9-10H2,(H,20,23)(H,21,24). The zero-order valence-electron chi connectivity index (χ0n) is 12.5. The zero-order valence-corrected chi connectivity index (χ0v) is 14.9. The van der Waals surface area contributed by atoms with Gasteiger partial charge < -0.3 is 0 Å². The molecule has 2 aromatic rings. The van der Waals surface area contributed by atoms with Gasteiger partial charge in [-0.25, -0.2) is 0 Å². The molecule has 0 heterocycles. The van der Waals surface area contributed by atoms with E-state index in [1.165, 1.54) is 0 Å². The van der Waals surface area contributed by atoms with Crippen molar-refractivity contribution in [2.75, 3.05) is 0 Å². The van der Waals surface area contributed by atoms with E-state index < -0.39 is 11.8 Å². The minimum atomic E-state index is -0.520. The average molecular weight is 410 g/mol. The van der Waals surface area contributed by atoms with Crippen LogP contribution in [0.3, 0.4) is 0 Å². The van der Waals surface area contributed by atoms with E-state index in [4.69, 9.17) is 11.6 Å². The Morgan fingerprint density at radius 2 is 1.58 bits per heavy atom. The Balaban J connectivity index is 1.79. The number of amides is 2. The van der Waals surface area contributed by atoms with Crippen LogP contribution in [0.5, 0.6) is 0 Å². The van der Waals surface area contributed by atoms with E-state index in [1.807, 2.05) is 0 Å². The fourth-order valence-corrected chi connectivity index (χ4v) is 2.39. The van der Waals surface area contributed by atoms with Crippen LogP contribution in [0.15, 0.2) is 53.0 Å². The second-order valence-electron chi connectivity index (χ2n) is 4.91. The first-order chi connectivity index (χ1) is 11.5. The van der Waals surface area contributed by atoms with Crippen molar-refractivity contribution in [1.29, 1.82) is 0 Å². The highest BCUT2D eigenvalue weighted by molar-refractivity contribution is 9.10. The fraction of sp³-hybridized carbons (Fsp3) is 0.118. The van der Waals surface area contributed by atoms with Crippen molar-refractivity contribution in [3.63, 3.8) is 0 Å². The van der Waals surface area contributed by atoms with Crippen LogP contribution in [0.2, 0.25) is 5.02 Å². The number of Topliss-reactive ketones (excluding diaryl/α,β-unsaturated/α-hetero) is 1. The van der Waals surface area contributed by atoms with Crippen molar-refractivity contribution in [2.45, 2.75) is 12.8 Å². The molecule has 24 heavy (non-hydrogen) atoms. The predicted octanol–water partition coefficient (Wildman–Crippen LogP) is 3.53. The largest absolute Gasteiger partial charge is 0.294 e. The van der Waals surface area contributed by atoms with Crippen molar-refractivity contribution < 1.29 is 14.4 Å². The van der Waals surface area contributed by atoms with Crippen LogP contribution >= 0.6 is 27.5 Å². The lowest BCUT2D eigenvalue weighted by molar-refractivity contribution is -0.121. The number of carbonyl (C=O) groups excluding carboxylic acids is 3. The quantitative estimate of drug-likeness (QED) is 0.586. The predicted molar refractivity (Wildman–Crippen MR) is 94.8 cm³/mol. The summed E-state index contributed by atoms with van der Waals surface area (Å²) in [5, 5.41) is 0.287. The molecule has 2 rings (SSSR count). The Kier molecular flexibility index (Phi) is 6.52. The summed E-state index contributed by atoms with van der Waals surface area (Å²) >= 11 is 9.18. The van der Waals surface area contributed by atoms with Crippen LogP contribution in [-0.4, -0.2) is 17.6 Å². The van der Waals surface area contributed by atoms with Crippen LogP contribution in [0, 0.1) is 0 Å². The second-order valence-corrected chi connectivity index (χ2v) is 6.24. The Morgan fingerprint density at radius 3 is 2.25 bits per heavy atom. The smallest absolute Gasteiger partial charge is 0.271 e. The maximum Gasteiger partial charge on any atom is 0.271 e. The Bertz CT molecular complexity index is 763. The molecule has 0 atom stereocenters. The number of carbonyl (C=O) groups is 3. The van der Waals surface area contributed by atoms with E-state index in [1.54, 1.807) is 48.5 Å². The normalized spacial score (nSPS) is 10.1. The highest BCUT2D eigenvalue weighted by Gasteiger charge is 2.12. The first kappa shape index (κ1) is 18.2. The lowest BCUT2D eigenvalue weighted by atomic mass is 10.1. The Morgan fingerprint density at radius 1 is 0.917 bits per heavy atom. The molecule has 7 heteroatoms. The molecule has 0 bridgehead atoms. The number of halogens is 2. The second kappa shape index (κ2) is 8.61. The van der Waals surface area contributed by atoms with E-state index in [0.717, 1.165) is 4.47 Å². The van der Waals surface area contributed by atoms with Crippen molar-refractivity contribution >= 4 is 45.1 Å². The lowest BCUT2D eigenvalue weighted by Gasteiger charge is -2.08. The van der Waals surface area contributed by atoms with Gasteiger partial charge in [-0.3, -0.25) is 25.2 Å². The van der Waals surface area contributed by atoms with Gasteiger partial charge in [0.2, 0.25) is 5.91 Å². The first-order valence-corrected chi connectivity index (χ1v) is 8.27. The monoisotopic (exact) mass is 408 g/mol. The molecule has 0 aromatic heterocycles. The van der Waals surface area contributed by atoms with Gasteiger partial charge in [0.25, 0.3) is 5.91 Å². The zero-order chi connectivity index (χ0) is 17.5. The van der Waals surface area contributed by atoms with Gasteiger partial charge in [-0.1, -0.05) is 51.8 Å². The van der Waals surface area contributed by atoms with Gasteiger partial charge in [0, 0.05) is 22.9 Å². The fourth-order valence-electron chi connectivity index (χ4n) is 1.91. The molecule has 0 saturated carbocycles. The van der Waals surface area contributed by atoms with Crippen LogP contribution < -0.4 is 10.9 Å². The highest BCUT2D eigenvalue weighted by atomic mass is 79.9. The van der Waals surface area contributed by atoms with Gasteiger partial charge in [-0.05, 0) is 24.3 Å². The Labute approximate surface area is 152 Å². The minimum Gasteiger partial charge on any atom is -0.294 e. The van der Waals surface area contributed by atoms with Gasteiger partial charge in [-0.2, -0.15) is 0 Å². The third kappa shape index (κ3) is 5.18. The average Bonchev–Trinajstić information content (AvgIpc) is 2.58. The molecule has 0 fully saturated rings. The molecule has 0 radical (unpaired) electrons. The molecule has 0 aliphatic heterocycles. The molecule has 2 aromatic carbocycles. The summed E-state index contributed by atoms with van der Waals surface area (Å²) in [4.78, 5) is 35.6. The van der Waals surface area contributed by atoms with Crippen LogP contribution in [0.25, 0.3) is 0 Å². The van der Waals surface area contributed by atoms with Crippen molar-refractivity contribution in [3.05, 3.63) is 69.2 Å². The molecule has 0 aliphatic rings. The molecule has 0 spiro atoms. The third-order valence-electron chi connectivity index (χ3n) is 3.18. The number of hydrogen-bond donors (Lipinski definition) is 2. The maximum atomic E-state index is 12.0. The molecule has 2 amide bonds. The summed E-state index contributed by atoms with van der Waals surface area (Å²) in [5.41, 5.74) is 5.33. The summed E-state index contributed by atoms with van der Waals surface area (Å²) in [5.74, 6) is -1.12. The molecule has 124 valence electrons. The number of hydrazine groups is 1. The molecule has 0 unspecified atom stereocenters. The molecule has 0 saturated heterocycles. The van der Waals surface area contributed by atoms with E-state index >= 15 is 0 Å².